The third-order valence-corrected chi connectivity index (χ3v) is 4.90. The Morgan fingerprint density at radius 1 is 1.29 bits per heavy atom. The van der Waals surface area contributed by atoms with Gasteiger partial charge in [0.15, 0.2) is 0 Å². The second kappa shape index (κ2) is 6.10. The smallest absolute Gasteiger partial charge is 0.129 e. The molecule has 1 saturated carbocycles. The lowest BCUT2D eigenvalue weighted by Gasteiger charge is -2.09. The number of aromatic nitrogens is 2. The highest BCUT2D eigenvalue weighted by atomic mass is 35.5. The van der Waals surface area contributed by atoms with E-state index in [1.54, 1.807) is 4.68 Å². The third-order valence-electron chi connectivity index (χ3n) is 4.57. The molecule has 0 saturated heterocycles. The van der Waals surface area contributed by atoms with Crippen LogP contribution in [0.2, 0.25) is 5.02 Å². The first-order valence-electron chi connectivity index (χ1n) is 7.73. The highest BCUT2D eigenvalue weighted by molar-refractivity contribution is 6.33. The van der Waals surface area contributed by atoms with Crippen molar-refractivity contribution in [3.63, 3.8) is 0 Å². The van der Waals surface area contributed by atoms with E-state index in [-0.39, 0.29) is 0 Å². The number of benzene rings is 1. The number of aryl methyl sites for hydroxylation is 2. The summed E-state index contributed by atoms with van der Waals surface area (Å²) in [6.45, 7) is 0. The van der Waals surface area contributed by atoms with E-state index in [1.165, 1.54) is 32.1 Å². The van der Waals surface area contributed by atoms with Crippen LogP contribution in [0.15, 0.2) is 24.3 Å². The molecule has 2 N–H and O–H groups in total. The maximum atomic E-state index is 6.35. The summed E-state index contributed by atoms with van der Waals surface area (Å²) in [5, 5.41) is 5.36. The number of anilines is 1. The summed E-state index contributed by atoms with van der Waals surface area (Å²) in [6.07, 6.45) is 7.68. The molecular formula is C17H22ClN3. The number of hydrogen-bond acceptors (Lipinski definition) is 2. The molecule has 3 nitrogen and oxygen atoms in total. The summed E-state index contributed by atoms with van der Waals surface area (Å²) in [6, 6.07) is 7.86. The van der Waals surface area contributed by atoms with Gasteiger partial charge in [-0.3, -0.25) is 4.68 Å². The van der Waals surface area contributed by atoms with Gasteiger partial charge in [-0.2, -0.15) is 5.10 Å². The van der Waals surface area contributed by atoms with Gasteiger partial charge in [0.05, 0.1) is 5.69 Å². The van der Waals surface area contributed by atoms with Crippen LogP contribution in [-0.4, -0.2) is 9.78 Å². The molecule has 0 atom stereocenters. The molecule has 4 heteroatoms. The molecule has 1 aliphatic rings. The predicted molar refractivity (Wildman–Crippen MR) is 88.3 cm³/mol. The highest BCUT2D eigenvalue weighted by Gasteiger charge is 2.20. The van der Waals surface area contributed by atoms with Crippen LogP contribution in [0.1, 0.15) is 37.8 Å². The van der Waals surface area contributed by atoms with Gasteiger partial charge >= 0.3 is 0 Å². The van der Waals surface area contributed by atoms with Crippen molar-refractivity contribution in [1.82, 2.24) is 9.78 Å². The predicted octanol–water partition coefficient (Wildman–Crippen LogP) is 4.45. The molecule has 112 valence electrons. The summed E-state index contributed by atoms with van der Waals surface area (Å²) >= 11 is 6.35. The first kappa shape index (κ1) is 14.5. The van der Waals surface area contributed by atoms with Crippen LogP contribution in [-0.2, 0) is 13.5 Å². The van der Waals surface area contributed by atoms with Crippen LogP contribution in [0.5, 0.6) is 0 Å². The molecule has 0 spiro atoms. The Kier molecular flexibility index (Phi) is 4.20. The zero-order valence-electron chi connectivity index (χ0n) is 12.5. The van der Waals surface area contributed by atoms with E-state index in [0.717, 1.165) is 34.2 Å². The first-order valence-corrected chi connectivity index (χ1v) is 8.11. The topological polar surface area (TPSA) is 43.8 Å². The zero-order valence-corrected chi connectivity index (χ0v) is 13.2. The summed E-state index contributed by atoms with van der Waals surface area (Å²) < 4.78 is 1.77. The molecular weight excluding hydrogens is 282 g/mol. The maximum absolute atomic E-state index is 6.35. The lowest BCUT2D eigenvalue weighted by molar-refractivity contribution is 0.499. The number of nitrogens with two attached hydrogens (primary N) is 1. The summed E-state index contributed by atoms with van der Waals surface area (Å²) in [4.78, 5) is 0. The molecule has 0 radical (unpaired) electrons. The molecule has 1 fully saturated rings. The molecule has 2 aromatic rings. The Morgan fingerprint density at radius 3 is 2.71 bits per heavy atom. The van der Waals surface area contributed by atoms with Gasteiger partial charge in [-0.05, 0) is 24.8 Å². The van der Waals surface area contributed by atoms with E-state index in [9.17, 15) is 0 Å². The lowest BCUT2D eigenvalue weighted by atomic mass is 9.97. The fourth-order valence-corrected chi connectivity index (χ4v) is 3.60. The van der Waals surface area contributed by atoms with Crippen LogP contribution < -0.4 is 5.73 Å². The molecule has 21 heavy (non-hydrogen) atoms. The molecule has 1 aromatic carbocycles. The molecule has 0 bridgehead atoms. The Labute approximate surface area is 131 Å². The first-order chi connectivity index (χ1) is 10.2. The van der Waals surface area contributed by atoms with Crippen LogP contribution in [0.25, 0.3) is 11.1 Å². The molecule has 1 aromatic heterocycles. The Hall–Kier alpha value is -1.48. The third kappa shape index (κ3) is 2.93. The number of nitrogens with zero attached hydrogens (tertiary/aromatic N) is 2. The minimum Gasteiger partial charge on any atom is -0.383 e. The van der Waals surface area contributed by atoms with Crippen molar-refractivity contribution in [3.05, 3.63) is 35.0 Å². The van der Waals surface area contributed by atoms with Crippen molar-refractivity contribution in [2.75, 3.05) is 5.73 Å². The Morgan fingerprint density at radius 2 is 2.00 bits per heavy atom. The molecule has 0 aliphatic heterocycles. The fourth-order valence-electron chi connectivity index (χ4n) is 3.37. The molecule has 0 amide bonds. The monoisotopic (exact) mass is 303 g/mol. The average Bonchev–Trinajstić information content (AvgIpc) is 3.08. The van der Waals surface area contributed by atoms with Gasteiger partial charge in [0.2, 0.25) is 0 Å². The van der Waals surface area contributed by atoms with Crippen molar-refractivity contribution in [3.8, 4) is 11.1 Å². The number of halogens is 1. The largest absolute Gasteiger partial charge is 0.383 e. The van der Waals surface area contributed by atoms with Gasteiger partial charge in [0.25, 0.3) is 0 Å². The molecule has 3 rings (SSSR count). The van der Waals surface area contributed by atoms with E-state index in [4.69, 9.17) is 17.3 Å². The van der Waals surface area contributed by atoms with E-state index < -0.39 is 0 Å². The standard InChI is InChI=1S/C17H22ClN3/c1-21-17(19)16(13-8-4-5-9-14(13)18)15(20-21)11-10-12-6-2-3-7-12/h4-5,8-9,12H,2-3,6-7,10-11,19H2,1H3. The van der Waals surface area contributed by atoms with Gasteiger partial charge in [-0.15, -0.1) is 0 Å². The molecule has 0 unspecified atom stereocenters. The van der Waals surface area contributed by atoms with Crippen molar-refractivity contribution in [1.29, 1.82) is 0 Å². The quantitative estimate of drug-likeness (QED) is 0.907. The van der Waals surface area contributed by atoms with Crippen molar-refractivity contribution >= 4 is 17.4 Å². The van der Waals surface area contributed by atoms with E-state index in [2.05, 4.69) is 5.10 Å². The van der Waals surface area contributed by atoms with Gasteiger partial charge in [0.1, 0.15) is 5.82 Å². The highest BCUT2D eigenvalue weighted by Crippen LogP contribution is 2.36. The number of hydrogen-bond donors (Lipinski definition) is 1. The second-order valence-electron chi connectivity index (χ2n) is 6.00. The van der Waals surface area contributed by atoms with Crippen LogP contribution >= 0.6 is 11.6 Å². The fraction of sp³-hybridized carbons (Fsp3) is 0.471. The maximum Gasteiger partial charge on any atom is 0.129 e. The summed E-state index contributed by atoms with van der Waals surface area (Å²) in [7, 11) is 1.90. The van der Waals surface area contributed by atoms with Crippen LogP contribution in [0.4, 0.5) is 5.82 Å². The summed E-state index contributed by atoms with van der Waals surface area (Å²) in [5.41, 5.74) is 9.32. The minimum atomic E-state index is 0.699. The van der Waals surface area contributed by atoms with E-state index in [0.29, 0.717) is 5.82 Å². The van der Waals surface area contributed by atoms with Crippen molar-refractivity contribution < 1.29 is 0 Å². The normalized spacial score (nSPS) is 15.7. The zero-order chi connectivity index (χ0) is 14.8. The summed E-state index contributed by atoms with van der Waals surface area (Å²) in [5.74, 6) is 1.55. The Bertz CT molecular complexity index is 627. The van der Waals surface area contributed by atoms with Crippen molar-refractivity contribution in [2.45, 2.75) is 38.5 Å². The Balaban J connectivity index is 1.90. The van der Waals surface area contributed by atoms with Crippen LogP contribution in [0, 0.1) is 5.92 Å². The van der Waals surface area contributed by atoms with Gasteiger partial charge in [0, 0.05) is 23.2 Å². The average molecular weight is 304 g/mol. The minimum absolute atomic E-state index is 0.699. The molecule has 1 heterocycles. The van der Waals surface area contributed by atoms with E-state index >= 15 is 0 Å². The van der Waals surface area contributed by atoms with Gasteiger partial charge in [-0.25, -0.2) is 0 Å². The second-order valence-corrected chi connectivity index (χ2v) is 6.41. The number of nitrogen functional groups attached to an aromatic ring is 1. The van der Waals surface area contributed by atoms with Gasteiger partial charge < -0.3 is 5.73 Å². The number of rotatable bonds is 4. The van der Waals surface area contributed by atoms with Crippen LogP contribution in [0.3, 0.4) is 0 Å². The molecule has 1 aliphatic carbocycles. The van der Waals surface area contributed by atoms with Gasteiger partial charge in [-0.1, -0.05) is 55.5 Å². The van der Waals surface area contributed by atoms with Crippen molar-refractivity contribution in [2.24, 2.45) is 13.0 Å². The van der Waals surface area contributed by atoms with E-state index in [1.807, 2.05) is 31.3 Å². The lowest BCUT2D eigenvalue weighted by Crippen LogP contribution is -1.99. The SMILES string of the molecule is Cn1nc(CCC2CCCC2)c(-c2ccccc2Cl)c1N.